The van der Waals surface area contributed by atoms with E-state index in [2.05, 4.69) is 0 Å². The van der Waals surface area contributed by atoms with Gasteiger partial charge in [0.2, 0.25) is 0 Å². The second-order valence-corrected chi connectivity index (χ2v) is 4.96. The van der Waals surface area contributed by atoms with Gasteiger partial charge in [-0.3, -0.25) is 0 Å². The molecule has 0 saturated heterocycles. The first-order chi connectivity index (χ1) is 9.60. The van der Waals surface area contributed by atoms with Crippen molar-refractivity contribution in [2.45, 2.75) is 11.5 Å². The van der Waals surface area contributed by atoms with Crippen molar-refractivity contribution in [1.29, 1.82) is 0 Å². The number of ether oxygens (including phenoxy) is 1. The van der Waals surface area contributed by atoms with Gasteiger partial charge in [-0.2, -0.15) is 0 Å². The normalized spacial score (nSPS) is 10.3. The van der Waals surface area contributed by atoms with Crippen LogP contribution in [0.2, 0.25) is 0 Å². The van der Waals surface area contributed by atoms with E-state index in [1.165, 1.54) is 12.1 Å². The molecule has 2 rings (SSSR count). The van der Waals surface area contributed by atoms with Crippen LogP contribution in [0, 0.1) is 5.82 Å². The number of aromatic carboxylic acids is 1. The van der Waals surface area contributed by atoms with Crippen LogP contribution in [0.5, 0.6) is 5.75 Å². The Morgan fingerprint density at radius 3 is 2.50 bits per heavy atom. The molecule has 1 N–H and O–H groups in total. The van der Waals surface area contributed by atoms with E-state index in [-0.39, 0.29) is 12.2 Å². The molecule has 0 radical (unpaired) electrons. The lowest BCUT2D eigenvalue weighted by atomic mass is 10.1. The van der Waals surface area contributed by atoms with Crippen LogP contribution in [0.4, 0.5) is 4.39 Å². The molecule has 0 aromatic heterocycles. The van der Waals surface area contributed by atoms with Gasteiger partial charge in [0.15, 0.2) is 0 Å². The summed E-state index contributed by atoms with van der Waals surface area (Å²) in [6, 6.07) is 11.3. The molecule has 0 spiro atoms. The standard InChI is InChI=1S/C15H13FO3S/c1-20-13-6-4-12(5-7-13)19-9-11-3-2-10(15(17)18)8-14(11)16/h2-8H,9H2,1H3,(H,17,18). The molecular weight excluding hydrogens is 279 g/mol. The maximum atomic E-state index is 13.7. The zero-order valence-corrected chi connectivity index (χ0v) is 11.6. The molecule has 2 aromatic carbocycles. The Balaban J connectivity index is 2.04. The van der Waals surface area contributed by atoms with Crippen LogP contribution < -0.4 is 4.74 Å². The monoisotopic (exact) mass is 292 g/mol. The Morgan fingerprint density at radius 1 is 1.25 bits per heavy atom. The minimum Gasteiger partial charge on any atom is -0.489 e. The van der Waals surface area contributed by atoms with Gasteiger partial charge in [0.1, 0.15) is 18.2 Å². The Morgan fingerprint density at radius 2 is 1.95 bits per heavy atom. The highest BCUT2D eigenvalue weighted by Crippen LogP contribution is 2.20. The highest BCUT2D eigenvalue weighted by atomic mass is 32.2. The van der Waals surface area contributed by atoms with Crippen LogP contribution in [-0.4, -0.2) is 17.3 Å². The maximum Gasteiger partial charge on any atom is 0.335 e. The zero-order valence-electron chi connectivity index (χ0n) is 10.8. The quantitative estimate of drug-likeness (QED) is 0.851. The number of halogens is 1. The second kappa shape index (κ2) is 6.43. The number of hydrogen-bond donors (Lipinski definition) is 1. The molecule has 5 heteroatoms. The van der Waals surface area contributed by atoms with Gasteiger partial charge in [-0.15, -0.1) is 11.8 Å². The number of benzene rings is 2. The Labute approximate surface area is 120 Å². The number of rotatable bonds is 5. The fraction of sp³-hybridized carbons (Fsp3) is 0.133. The Kier molecular flexibility index (Phi) is 4.63. The second-order valence-electron chi connectivity index (χ2n) is 4.08. The minimum atomic E-state index is -1.15. The highest BCUT2D eigenvalue weighted by Gasteiger charge is 2.08. The van der Waals surface area contributed by atoms with Gasteiger partial charge in [-0.25, -0.2) is 9.18 Å². The van der Waals surface area contributed by atoms with E-state index < -0.39 is 11.8 Å². The molecule has 0 heterocycles. The van der Waals surface area contributed by atoms with Gasteiger partial charge >= 0.3 is 5.97 Å². The average molecular weight is 292 g/mol. The molecule has 0 aliphatic rings. The summed E-state index contributed by atoms with van der Waals surface area (Å²) in [6.45, 7) is 0.0599. The van der Waals surface area contributed by atoms with E-state index in [1.54, 1.807) is 11.8 Å². The number of hydrogen-bond acceptors (Lipinski definition) is 3. The van der Waals surface area contributed by atoms with E-state index >= 15 is 0 Å². The summed E-state index contributed by atoms with van der Waals surface area (Å²) in [4.78, 5) is 11.8. The summed E-state index contributed by atoms with van der Waals surface area (Å²) in [5, 5.41) is 8.76. The van der Waals surface area contributed by atoms with Crippen molar-refractivity contribution in [3.63, 3.8) is 0 Å². The number of carboxylic acid groups (broad SMARTS) is 1. The third-order valence-corrected chi connectivity index (χ3v) is 3.50. The predicted molar refractivity (Wildman–Crippen MR) is 75.9 cm³/mol. The third-order valence-electron chi connectivity index (χ3n) is 2.75. The maximum absolute atomic E-state index is 13.7. The lowest BCUT2D eigenvalue weighted by Crippen LogP contribution is -2.02. The van der Waals surface area contributed by atoms with Crippen LogP contribution in [0.15, 0.2) is 47.4 Å². The minimum absolute atomic E-state index is 0.0599. The van der Waals surface area contributed by atoms with Gasteiger partial charge in [0.25, 0.3) is 0 Å². The van der Waals surface area contributed by atoms with Gasteiger partial charge in [0.05, 0.1) is 5.56 Å². The SMILES string of the molecule is CSc1ccc(OCc2ccc(C(=O)O)cc2F)cc1. The molecule has 0 unspecified atom stereocenters. The lowest BCUT2D eigenvalue weighted by molar-refractivity contribution is 0.0696. The summed E-state index contributed by atoms with van der Waals surface area (Å²) in [5.74, 6) is -1.08. The first kappa shape index (κ1) is 14.4. The third kappa shape index (κ3) is 3.51. The van der Waals surface area contributed by atoms with Crippen LogP contribution in [0.3, 0.4) is 0 Å². The largest absolute Gasteiger partial charge is 0.489 e. The molecule has 0 saturated carbocycles. The van der Waals surface area contributed by atoms with E-state index in [0.29, 0.717) is 11.3 Å². The van der Waals surface area contributed by atoms with Crippen LogP contribution in [-0.2, 0) is 6.61 Å². The number of thioether (sulfide) groups is 1. The Hall–Kier alpha value is -2.01. The number of carboxylic acids is 1. The molecule has 2 aromatic rings. The van der Waals surface area contributed by atoms with Crippen molar-refractivity contribution < 1.29 is 19.0 Å². The summed E-state index contributed by atoms with van der Waals surface area (Å²) in [6.07, 6.45) is 1.98. The van der Waals surface area contributed by atoms with Gasteiger partial charge in [-0.1, -0.05) is 6.07 Å². The molecule has 0 atom stereocenters. The summed E-state index contributed by atoms with van der Waals surface area (Å²) in [5.41, 5.74) is 0.250. The summed E-state index contributed by atoms with van der Waals surface area (Å²) < 4.78 is 19.2. The van der Waals surface area contributed by atoms with Crippen LogP contribution in [0.25, 0.3) is 0 Å². The molecule has 0 amide bonds. The van der Waals surface area contributed by atoms with E-state index in [0.717, 1.165) is 11.0 Å². The molecule has 104 valence electrons. The molecule has 0 bridgehead atoms. The fourth-order valence-corrected chi connectivity index (χ4v) is 2.04. The van der Waals surface area contributed by atoms with E-state index in [9.17, 15) is 9.18 Å². The van der Waals surface area contributed by atoms with Gasteiger partial charge in [-0.05, 0) is 42.7 Å². The van der Waals surface area contributed by atoms with Gasteiger partial charge in [0, 0.05) is 10.5 Å². The predicted octanol–water partition coefficient (Wildman–Crippen LogP) is 3.82. The van der Waals surface area contributed by atoms with Crippen LogP contribution >= 0.6 is 11.8 Å². The van der Waals surface area contributed by atoms with Crippen molar-refractivity contribution in [2.24, 2.45) is 0 Å². The number of carbonyl (C=O) groups is 1. The van der Waals surface area contributed by atoms with Gasteiger partial charge < -0.3 is 9.84 Å². The van der Waals surface area contributed by atoms with Crippen LogP contribution in [0.1, 0.15) is 15.9 Å². The molecular formula is C15H13FO3S. The lowest BCUT2D eigenvalue weighted by Gasteiger charge is -2.08. The van der Waals surface area contributed by atoms with E-state index in [4.69, 9.17) is 9.84 Å². The van der Waals surface area contributed by atoms with Crippen molar-refractivity contribution in [3.05, 3.63) is 59.4 Å². The zero-order chi connectivity index (χ0) is 14.5. The van der Waals surface area contributed by atoms with Crippen molar-refractivity contribution >= 4 is 17.7 Å². The molecule has 0 aliphatic heterocycles. The molecule has 3 nitrogen and oxygen atoms in total. The Bertz CT molecular complexity index is 611. The summed E-state index contributed by atoms with van der Waals surface area (Å²) >= 11 is 1.63. The summed E-state index contributed by atoms with van der Waals surface area (Å²) in [7, 11) is 0. The first-order valence-corrected chi connectivity index (χ1v) is 7.11. The fourth-order valence-electron chi connectivity index (χ4n) is 1.63. The van der Waals surface area contributed by atoms with Crippen molar-refractivity contribution in [2.75, 3.05) is 6.26 Å². The smallest absolute Gasteiger partial charge is 0.335 e. The highest BCUT2D eigenvalue weighted by molar-refractivity contribution is 7.98. The van der Waals surface area contributed by atoms with E-state index in [1.807, 2.05) is 30.5 Å². The van der Waals surface area contributed by atoms with Crippen molar-refractivity contribution in [1.82, 2.24) is 0 Å². The average Bonchev–Trinajstić information content (AvgIpc) is 2.46. The molecule has 0 fully saturated rings. The molecule has 20 heavy (non-hydrogen) atoms. The first-order valence-electron chi connectivity index (χ1n) is 5.88. The topological polar surface area (TPSA) is 46.5 Å². The molecule has 0 aliphatic carbocycles. The van der Waals surface area contributed by atoms with Crippen molar-refractivity contribution in [3.8, 4) is 5.75 Å².